The average Bonchev–Trinajstić information content (AvgIpc) is 3.02. The van der Waals surface area contributed by atoms with Gasteiger partial charge in [-0.15, -0.1) is 11.3 Å². The van der Waals surface area contributed by atoms with Crippen molar-refractivity contribution in [2.24, 2.45) is 0 Å². The van der Waals surface area contributed by atoms with E-state index in [-0.39, 0.29) is 11.9 Å². The van der Waals surface area contributed by atoms with Gasteiger partial charge in [-0.1, -0.05) is 18.2 Å². The Balaban J connectivity index is 1.63. The molecule has 0 radical (unpaired) electrons. The third-order valence-electron chi connectivity index (χ3n) is 3.57. The van der Waals surface area contributed by atoms with Gasteiger partial charge in [-0.25, -0.2) is 9.37 Å². The first-order chi connectivity index (χ1) is 10.2. The van der Waals surface area contributed by atoms with Gasteiger partial charge in [0.25, 0.3) is 0 Å². The van der Waals surface area contributed by atoms with Crippen LogP contribution in [0.4, 0.5) is 4.39 Å². The van der Waals surface area contributed by atoms with Gasteiger partial charge in [-0.2, -0.15) is 0 Å². The lowest BCUT2D eigenvalue weighted by Crippen LogP contribution is -2.40. The van der Waals surface area contributed by atoms with Crippen molar-refractivity contribution in [1.29, 1.82) is 0 Å². The lowest BCUT2D eigenvalue weighted by Gasteiger charge is -2.33. The van der Waals surface area contributed by atoms with Crippen molar-refractivity contribution in [3.05, 3.63) is 52.2 Å². The number of nitrogens with zero attached hydrogens (tertiary/aromatic N) is 2. The third-order valence-corrected chi connectivity index (χ3v) is 4.44. The van der Waals surface area contributed by atoms with Crippen molar-refractivity contribution in [2.45, 2.75) is 12.2 Å². The Labute approximate surface area is 126 Å². The highest BCUT2D eigenvalue weighted by Crippen LogP contribution is 2.25. The zero-order chi connectivity index (χ0) is 14.7. The number of benzene rings is 1. The van der Waals surface area contributed by atoms with Crippen LogP contribution in [-0.4, -0.2) is 41.2 Å². The van der Waals surface area contributed by atoms with Gasteiger partial charge in [-0.05, 0) is 6.07 Å². The van der Waals surface area contributed by atoms with Crippen LogP contribution >= 0.6 is 11.3 Å². The second-order valence-corrected chi connectivity index (χ2v) is 5.95. The van der Waals surface area contributed by atoms with Crippen molar-refractivity contribution >= 4 is 11.3 Å². The number of aliphatic hydroxyl groups is 1. The smallest absolute Gasteiger partial charge is 0.129 e. The van der Waals surface area contributed by atoms with E-state index < -0.39 is 6.10 Å². The number of thiazole rings is 1. The van der Waals surface area contributed by atoms with Crippen LogP contribution in [0, 0.1) is 5.82 Å². The molecule has 0 saturated carbocycles. The highest BCUT2D eigenvalue weighted by molar-refractivity contribution is 7.09. The molecule has 1 saturated heterocycles. The van der Waals surface area contributed by atoms with Crippen molar-refractivity contribution < 1.29 is 14.2 Å². The molecule has 1 fully saturated rings. The van der Waals surface area contributed by atoms with E-state index in [9.17, 15) is 9.50 Å². The zero-order valence-electron chi connectivity index (χ0n) is 11.5. The van der Waals surface area contributed by atoms with E-state index in [1.807, 2.05) is 5.38 Å². The van der Waals surface area contributed by atoms with E-state index in [2.05, 4.69) is 9.88 Å². The molecular weight excluding hydrogens is 291 g/mol. The molecule has 3 rings (SSSR count). The quantitative estimate of drug-likeness (QED) is 0.942. The van der Waals surface area contributed by atoms with Crippen molar-refractivity contribution in [1.82, 2.24) is 9.88 Å². The molecule has 1 aromatic carbocycles. The summed E-state index contributed by atoms with van der Waals surface area (Å²) in [5, 5.41) is 13.1. The molecule has 0 bridgehead atoms. The Morgan fingerprint density at radius 2 is 2.33 bits per heavy atom. The Morgan fingerprint density at radius 1 is 1.48 bits per heavy atom. The Hall–Kier alpha value is -1.34. The number of rotatable bonds is 4. The second-order valence-electron chi connectivity index (χ2n) is 5.03. The topological polar surface area (TPSA) is 45.6 Å². The van der Waals surface area contributed by atoms with Crippen LogP contribution in [0.15, 0.2) is 35.8 Å². The Morgan fingerprint density at radius 3 is 3.10 bits per heavy atom. The van der Waals surface area contributed by atoms with E-state index in [1.165, 1.54) is 6.07 Å². The maximum absolute atomic E-state index is 13.7. The summed E-state index contributed by atoms with van der Waals surface area (Å²) in [7, 11) is 0. The van der Waals surface area contributed by atoms with Crippen LogP contribution in [0.5, 0.6) is 0 Å². The molecule has 2 atom stereocenters. The summed E-state index contributed by atoms with van der Waals surface area (Å²) < 4.78 is 19.4. The van der Waals surface area contributed by atoms with Crippen molar-refractivity contribution in [3.63, 3.8) is 0 Å². The summed E-state index contributed by atoms with van der Waals surface area (Å²) >= 11 is 1.56. The summed E-state index contributed by atoms with van der Waals surface area (Å²) in [6.45, 7) is 2.38. The zero-order valence-corrected chi connectivity index (χ0v) is 12.3. The molecule has 0 unspecified atom stereocenters. The van der Waals surface area contributed by atoms with Crippen molar-refractivity contribution in [2.75, 3.05) is 26.2 Å². The number of hydrogen-bond donors (Lipinski definition) is 1. The summed E-state index contributed by atoms with van der Waals surface area (Å²) in [6, 6.07) is 6.35. The van der Waals surface area contributed by atoms with Crippen LogP contribution in [-0.2, 0) is 4.74 Å². The predicted octanol–water partition coefficient (Wildman–Crippen LogP) is 2.39. The summed E-state index contributed by atoms with van der Waals surface area (Å²) in [5.74, 6) is -0.366. The van der Waals surface area contributed by atoms with E-state index in [0.29, 0.717) is 25.3 Å². The minimum absolute atomic E-state index is 0.0634. The van der Waals surface area contributed by atoms with Crippen LogP contribution in [0.3, 0.4) is 0 Å². The number of halogens is 1. The maximum atomic E-state index is 13.7. The average molecular weight is 308 g/mol. The molecule has 0 aliphatic carbocycles. The number of ether oxygens (including phenoxy) is 1. The van der Waals surface area contributed by atoms with E-state index >= 15 is 0 Å². The molecule has 1 aliphatic rings. The molecule has 2 heterocycles. The summed E-state index contributed by atoms with van der Waals surface area (Å²) in [4.78, 5) is 6.36. The normalized spacial score (nSPS) is 21.3. The van der Waals surface area contributed by atoms with Gasteiger partial charge in [0.05, 0.1) is 12.7 Å². The first-order valence-corrected chi connectivity index (χ1v) is 7.78. The monoisotopic (exact) mass is 308 g/mol. The van der Waals surface area contributed by atoms with Gasteiger partial charge >= 0.3 is 0 Å². The molecule has 1 N–H and O–H groups in total. The molecule has 21 heavy (non-hydrogen) atoms. The SMILES string of the molecule is O[C@H](CN1CCO[C@@H](c2nccs2)C1)c1ccccc1F. The molecular formula is C15H17FN2O2S. The minimum atomic E-state index is -0.832. The van der Waals surface area contributed by atoms with Gasteiger partial charge in [-0.3, -0.25) is 4.90 Å². The molecule has 2 aromatic rings. The molecule has 0 amide bonds. The van der Waals surface area contributed by atoms with Gasteiger partial charge < -0.3 is 9.84 Å². The van der Waals surface area contributed by atoms with Gasteiger partial charge in [0.2, 0.25) is 0 Å². The van der Waals surface area contributed by atoms with Crippen LogP contribution < -0.4 is 0 Å². The van der Waals surface area contributed by atoms with Gasteiger partial charge in [0.15, 0.2) is 0 Å². The standard InChI is InChI=1S/C15H17FN2O2S/c16-12-4-2-1-3-11(12)13(19)9-18-6-7-20-14(10-18)15-17-5-8-21-15/h1-5,8,13-14,19H,6-7,9-10H2/t13-,14-/m1/s1. The largest absolute Gasteiger partial charge is 0.387 e. The van der Waals surface area contributed by atoms with Gasteiger partial charge in [0, 0.05) is 36.8 Å². The molecule has 112 valence electrons. The lowest BCUT2D eigenvalue weighted by atomic mass is 10.1. The fourth-order valence-electron chi connectivity index (χ4n) is 2.50. The molecule has 1 aromatic heterocycles. The Kier molecular flexibility index (Phi) is 4.60. The lowest BCUT2D eigenvalue weighted by molar-refractivity contribution is -0.0427. The summed E-state index contributed by atoms with van der Waals surface area (Å²) in [6.07, 6.45) is 0.865. The number of aromatic nitrogens is 1. The van der Waals surface area contributed by atoms with Crippen LogP contribution in [0.2, 0.25) is 0 Å². The first-order valence-electron chi connectivity index (χ1n) is 6.90. The fourth-order valence-corrected chi connectivity index (χ4v) is 3.18. The number of aliphatic hydroxyl groups excluding tert-OH is 1. The Bertz CT molecular complexity index is 579. The van der Waals surface area contributed by atoms with Crippen LogP contribution in [0.1, 0.15) is 22.8 Å². The molecule has 1 aliphatic heterocycles. The minimum Gasteiger partial charge on any atom is -0.387 e. The molecule has 0 spiro atoms. The summed E-state index contributed by atoms with van der Waals surface area (Å²) in [5.41, 5.74) is 0.342. The van der Waals surface area contributed by atoms with Crippen LogP contribution in [0.25, 0.3) is 0 Å². The van der Waals surface area contributed by atoms with Gasteiger partial charge in [0.1, 0.15) is 16.9 Å². The number of β-amino-alcohol motifs (C(OH)–C–C–N with tert-alkyl or cyclic N) is 1. The fraction of sp³-hybridized carbons (Fsp3) is 0.400. The highest BCUT2D eigenvalue weighted by atomic mass is 32.1. The first kappa shape index (κ1) is 14.6. The highest BCUT2D eigenvalue weighted by Gasteiger charge is 2.26. The van der Waals surface area contributed by atoms with E-state index in [4.69, 9.17) is 4.74 Å². The number of hydrogen-bond acceptors (Lipinski definition) is 5. The van der Waals surface area contributed by atoms with E-state index in [0.717, 1.165) is 11.6 Å². The predicted molar refractivity (Wildman–Crippen MR) is 78.6 cm³/mol. The molecule has 4 nitrogen and oxygen atoms in total. The second kappa shape index (κ2) is 6.62. The number of morpholine rings is 1. The van der Waals surface area contributed by atoms with Crippen molar-refractivity contribution in [3.8, 4) is 0 Å². The van der Waals surface area contributed by atoms with E-state index in [1.54, 1.807) is 35.7 Å². The third kappa shape index (κ3) is 3.47. The molecule has 6 heteroatoms. The maximum Gasteiger partial charge on any atom is 0.129 e.